The first-order valence-electron chi connectivity index (χ1n) is 5.89. The fraction of sp³-hybridized carbons (Fsp3) is 0.417. The smallest absolute Gasteiger partial charge is 0.312 e. The van der Waals surface area contributed by atoms with Crippen LogP contribution in [0.4, 0.5) is 11.5 Å². The van der Waals surface area contributed by atoms with E-state index in [4.69, 9.17) is 4.74 Å². The van der Waals surface area contributed by atoms with Gasteiger partial charge in [0, 0.05) is 29.8 Å². The minimum absolute atomic E-state index is 0.0127. The Kier molecular flexibility index (Phi) is 4.49. The Morgan fingerprint density at radius 3 is 3.21 bits per heavy atom. The Hall–Kier alpha value is -1.47. The monoisotopic (exact) mass is 327 g/mol. The van der Waals surface area contributed by atoms with Crippen molar-refractivity contribution in [2.75, 3.05) is 24.6 Å². The molecule has 0 spiro atoms. The lowest BCUT2D eigenvalue weighted by Crippen LogP contribution is -2.24. The summed E-state index contributed by atoms with van der Waals surface area (Å²) in [4.78, 5) is 16.7. The van der Waals surface area contributed by atoms with Crippen LogP contribution in [0.25, 0.3) is 0 Å². The van der Waals surface area contributed by atoms with Crippen molar-refractivity contribution in [2.24, 2.45) is 0 Å². The van der Waals surface area contributed by atoms with E-state index in [9.17, 15) is 10.1 Å². The van der Waals surface area contributed by atoms with Crippen molar-refractivity contribution < 1.29 is 9.66 Å². The van der Waals surface area contributed by atoms with E-state index < -0.39 is 4.92 Å². The van der Waals surface area contributed by atoms with E-state index in [2.05, 4.69) is 27.5 Å². The molecule has 7 heteroatoms. The minimum Gasteiger partial charge on any atom is -0.372 e. The highest BCUT2D eigenvalue weighted by Gasteiger charge is 2.29. The maximum absolute atomic E-state index is 11.1. The molecule has 0 radical (unpaired) electrons. The summed E-state index contributed by atoms with van der Waals surface area (Å²) in [7, 11) is 0. The third-order valence-electron chi connectivity index (χ3n) is 2.90. The van der Waals surface area contributed by atoms with Gasteiger partial charge in [-0.15, -0.1) is 6.58 Å². The van der Waals surface area contributed by atoms with Crippen molar-refractivity contribution in [2.45, 2.75) is 12.5 Å². The summed E-state index contributed by atoms with van der Waals surface area (Å²) in [5.74, 6) is 0.401. The average molecular weight is 328 g/mol. The second-order valence-electron chi connectivity index (χ2n) is 4.23. The molecule has 0 saturated carbocycles. The number of aromatic nitrogens is 1. The Balaban J connectivity index is 2.15. The lowest BCUT2D eigenvalue weighted by Gasteiger charge is -2.17. The van der Waals surface area contributed by atoms with Crippen LogP contribution in [-0.4, -0.2) is 35.7 Å². The second kappa shape index (κ2) is 6.12. The third-order valence-corrected chi connectivity index (χ3v) is 3.34. The SMILES string of the molecule is C=CCOC1CCN(c2ncc(Br)cc2[N+](=O)[O-])C1. The average Bonchev–Trinajstić information content (AvgIpc) is 2.84. The minimum atomic E-state index is -0.412. The Morgan fingerprint density at radius 2 is 2.53 bits per heavy atom. The second-order valence-corrected chi connectivity index (χ2v) is 5.15. The number of hydrogen-bond acceptors (Lipinski definition) is 5. The first kappa shape index (κ1) is 14.0. The Bertz CT molecular complexity index is 495. The summed E-state index contributed by atoms with van der Waals surface area (Å²) in [6.45, 7) is 5.41. The highest BCUT2D eigenvalue weighted by atomic mass is 79.9. The van der Waals surface area contributed by atoms with Gasteiger partial charge in [0.05, 0.1) is 17.6 Å². The number of nitrogens with zero attached hydrogens (tertiary/aromatic N) is 3. The summed E-state index contributed by atoms with van der Waals surface area (Å²) in [6, 6.07) is 1.47. The number of anilines is 1. The van der Waals surface area contributed by atoms with Crippen LogP contribution >= 0.6 is 15.9 Å². The van der Waals surface area contributed by atoms with Crippen LogP contribution in [0.1, 0.15) is 6.42 Å². The zero-order valence-electron chi connectivity index (χ0n) is 10.3. The first-order valence-corrected chi connectivity index (χ1v) is 6.68. The molecule has 1 atom stereocenters. The van der Waals surface area contributed by atoms with Crippen LogP contribution in [0.2, 0.25) is 0 Å². The quantitative estimate of drug-likeness (QED) is 0.472. The number of nitro groups is 1. The number of ether oxygens (including phenoxy) is 1. The fourth-order valence-electron chi connectivity index (χ4n) is 2.06. The Labute approximate surface area is 119 Å². The molecule has 0 aromatic carbocycles. The van der Waals surface area contributed by atoms with E-state index in [1.165, 1.54) is 6.07 Å². The van der Waals surface area contributed by atoms with Gasteiger partial charge in [-0.2, -0.15) is 0 Å². The van der Waals surface area contributed by atoms with Crippen molar-refractivity contribution >= 4 is 27.4 Å². The van der Waals surface area contributed by atoms with Gasteiger partial charge < -0.3 is 9.64 Å². The topological polar surface area (TPSA) is 68.5 Å². The van der Waals surface area contributed by atoms with E-state index in [-0.39, 0.29) is 11.8 Å². The lowest BCUT2D eigenvalue weighted by molar-refractivity contribution is -0.384. The van der Waals surface area contributed by atoms with Gasteiger partial charge >= 0.3 is 5.69 Å². The standard InChI is InChI=1S/C12H14BrN3O3/c1-2-5-19-10-3-4-15(8-10)12-11(16(17)18)6-9(13)7-14-12/h2,6-7,10H,1,3-5,8H2. The third kappa shape index (κ3) is 3.30. The van der Waals surface area contributed by atoms with Gasteiger partial charge in [0.25, 0.3) is 0 Å². The molecular formula is C12H14BrN3O3. The van der Waals surface area contributed by atoms with Crippen molar-refractivity contribution in [3.05, 3.63) is 39.5 Å². The predicted molar refractivity (Wildman–Crippen MR) is 75.4 cm³/mol. The normalized spacial score (nSPS) is 18.6. The molecule has 1 fully saturated rings. The van der Waals surface area contributed by atoms with Crippen molar-refractivity contribution in [1.29, 1.82) is 0 Å². The molecule has 0 N–H and O–H groups in total. The van der Waals surface area contributed by atoms with Gasteiger partial charge in [0.1, 0.15) is 0 Å². The zero-order valence-corrected chi connectivity index (χ0v) is 11.9. The number of halogens is 1. The van der Waals surface area contributed by atoms with Crippen molar-refractivity contribution in [3.63, 3.8) is 0 Å². The molecule has 0 aliphatic carbocycles. The number of rotatable bonds is 5. The van der Waals surface area contributed by atoms with Crippen LogP contribution in [0.5, 0.6) is 0 Å². The molecule has 6 nitrogen and oxygen atoms in total. The van der Waals surface area contributed by atoms with E-state index in [1.807, 2.05) is 4.90 Å². The molecule has 1 unspecified atom stereocenters. The molecule has 1 saturated heterocycles. The van der Waals surface area contributed by atoms with Crippen LogP contribution < -0.4 is 4.90 Å². The zero-order chi connectivity index (χ0) is 13.8. The first-order chi connectivity index (χ1) is 9.11. The van der Waals surface area contributed by atoms with Gasteiger partial charge in [-0.1, -0.05) is 6.08 Å². The van der Waals surface area contributed by atoms with Crippen LogP contribution in [0.3, 0.4) is 0 Å². The molecule has 102 valence electrons. The molecule has 1 aliphatic rings. The number of hydrogen-bond donors (Lipinski definition) is 0. The summed E-state index contributed by atoms with van der Waals surface area (Å²) < 4.78 is 6.16. The van der Waals surface area contributed by atoms with Gasteiger partial charge in [0.15, 0.2) is 0 Å². The molecule has 1 aliphatic heterocycles. The van der Waals surface area contributed by atoms with Gasteiger partial charge in [-0.05, 0) is 22.4 Å². The summed E-state index contributed by atoms with van der Waals surface area (Å²) in [5, 5.41) is 11.1. The predicted octanol–water partition coefficient (Wildman–Crippen LogP) is 2.53. The molecule has 0 bridgehead atoms. The molecule has 2 heterocycles. The Morgan fingerprint density at radius 1 is 1.74 bits per heavy atom. The largest absolute Gasteiger partial charge is 0.372 e. The number of pyridine rings is 1. The summed E-state index contributed by atoms with van der Waals surface area (Å²) >= 11 is 3.20. The summed E-state index contributed by atoms with van der Waals surface area (Å²) in [6.07, 6.45) is 4.18. The van der Waals surface area contributed by atoms with Crippen molar-refractivity contribution in [3.8, 4) is 0 Å². The molecule has 1 aromatic heterocycles. The van der Waals surface area contributed by atoms with Gasteiger partial charge in [-0.25, -0.2) is 4.98 Å². The van der Waals surface area contributed by atoms with Crippen LogP contribution in [0.15, 0.2) is 29.4 Å². The van der Waals surface area contributed by atoms with E-state index in [0.717, 1.165) is 6.42 Å². The maximum Gasteiger partial charge on any atom is 0.312 e. The van der Waals surface area contributed by atoms with Gasteiger partial charge in [-0.3, -0.25) is 10.1 Å². The van der Waals surface area contributed by atoms with Crippen LogP contribution in [0, 0.1) is 10.1 Å². The van der Waals surface area contributed by atoms with Crippen molar-refractivity contribution in [1.82, 2.24) is 4.98 Å². The van der Waals surface area contributed by atoms with E-state index >= 15 is 0 Å². The lowest BCUT2D eigenvalue weighted by atomic mass is 10.3. The molecule has 2 rings (SSSR count). The van der Waals surface area contributed by atoms with E-state index in [1.54, 1.807) is 12.3 Å². The van der Waals surface area contributed by atoms with E-state index in [0.29, 0.717) is 30.0 Å². The summed E-state index contributed by atoms with van der Waals surface area (Å²) in [5.41, 5.74) is 0.0127. The van der Waals surface area contributed by atoms with Crippen LogP contribution in [-0.2, 0) is 4.74 Å². The molecule has 1 aromatic rings. The molecular weight excluding hydrogens is 314 g/mol. The highest BCUT2D eigenvalue weighted by Crippen LogP contribution is 2.31. The highest BCUT2D eigenvalue weighted by molar-refractivity contribution is 9.10. The molecule has 0 amide bonds. The molecule has 19 heavy (non-hydrogen) atoms. The maximum atomic E-state index is 11.1. The van der Waals surface area contributed by atoms with Gasteiger partial charge in [0.2, 0.25) is 5.82 Å². The fourth-order valence-corrected chi connectivity index (χ4v) is 2.38.